The van der Waals surface area contributed by atoms with Gasteiger partial charge in [0.1, 0.15) is 6.10 Å². The Bertz CT molecular complexity index is 411. The van der Waals surface area contributed by atoms with Crippen LogP contribution in [0.1, 0.15) is 20.3 Å². The van der Waals surface area contributed by atoms with E-state index in [4.69, 9.17) is 13.8 Å². The summed E-state index contributed by atoms with van der Waals surface area (Å²) in [5, 5.41) is 0. The maximum absolute atomic E-state index is 6.55. The van der Waals surface area contributed by atoms with Gasteiger partial charge in [-0.2, -0.15) is 0 Å². The third kappa shape index (κ3) is 9.85. The molecule has 1 fully saturated rings. The van der Waals surface area contributed by atoms with Crippen molar-refractivity contribution in [3.8, 4) is 0 Å². The van der Waals surface area contributed by atoms with Crippen molar-refractivity contribution in [3.05, 3.63) is 12.2 Å². The van der Waals surface area contributed by atoms with Gasteiger partial charge in [-0.1, -0.05) is 20.4 Å². The Hall–Kier alpha value is 4.78. The van der Waals surface area contributed by atoms with Gasteiger partial charge in [0.15, 0.2) is 0 Å². The van der Waals surface area contributed by atoms with Gasteiger partial charge in [-0.05, 0) is 47.8 Å². The fourth-order valence-electron chi connectivity index (χ4n) is 2.35. The zero-order chi connectivity index (χ0) is 19.1. The minimum Gasteiger partial charge on any atom is -0.367 e. The molecule has 0 bridgehead atoms. The fraction of sp³-hybridized carbons (Fsp3) is 0.800. The Labute approximate surface area is 175 Å². The third-order valence-electron chi connectivity index (χ3n) is 3.44. The summed E-state index contributed by atoms with van der Waals surface area (Å²) in [5.74, 6) is 0.447. The molecule has 3 nitrogen and oxygen atoms in total. The molecule has 1 aliphatic rings. The zero-order valence-electron chi connectivity index (χ0n) is 14.4. The van der Waals surface area contributed by atoms with Gasteiger partial charge in [-0.15, -0.1) is 53.6 Å². The van der Waals surface area contributed by atoms with Gasteiger partial charge in [-0.25, -0.2) is 0 Å². The first-order valence-corrected chi connectivity index (χ1v) is 27.8. The van der Waals surface area contributed by atoms with E-state index >= 15 is 0 Å². The minimum absolute atomic E-state index is 0.0120. The number of ether oxygens (including phenoxy) is 1. The lowest BCUT2D eigenvalue weighted by Crippen LogP contribution is -2.32. The fourth-order valence-corrected chi connectivity index (χ4v) is 41.5. The third-order valence-corrected chi connectivity index (χ3v) is 41.0. The highest BCUT2D eigenvalue weighted by molar-refractivity contribution is 8.87. The van der Waals surface area contributed by atoms with E-state index in [1.807, 2.05) is 0 Å². The van der Waals surface area contributed by atoms with Crippen LogP contribution >= 0.6 is 98.5 Å². The Balaban J connectivity index is 2.82. The quantitative estimate of drug-likeness (QED) is 0.185. The van der Waals surface area contributed by atoms with E-state index in [9.17, 15) is 0 Å². The van der Waals surface area contributed by atoms with Crippen molar-refractivity contribution >= 4 is 98.5 Å². The van der Waals surface area contributed by atoms with Gasteiger partial charge in [0, 0.05) is 0 Å². The van der Waals surface area contributed by atoms with Crippen LogP contribution in [0.5, 0.6) is 0 Å². The summed E-state index contributed by atoms with van der Waals surface area (Å²) >= 11 is 0. The van der Waals surface area contributed by atoms with E-state index in [0.717, 1.165) is 22.3 Å². The van der Waals surface area contributed by atoms with Gasteiger partial charge in [0.25, 0.3) is 0 Å². The van der Waals surface area contributed by atoms with Crippen molar-refractivity contribution in [2.24, 2.45) is 5.92 Å². The summed E-state index contributed by atoms with van der Waals surface area (Å²) in [5.41, 5.74) is 1.19. The molecule has 0 radical (unpaired) electrons. The number of hydrogen-bond acceptors (Lipinski definition) is 3. The van der Waals surface area contributed by atoms with E-state index in [1.165, 1.54) is 5.57 Å². The van der Waals surface area contributed by atoms with Crippen LogP contribution in [-0.2, 0) is 13.8 Å². The molecule has 0 amide bonds. The molecule has 25 heavy (non-hydrogen) atoms. The zero-order valence-corrected chi connectivity index (χ0v) is 26.9. The number of rotatable bonds is 11. The van der Waals surface area contributed by atoms with E-state index in [2.05, 4.69) is 74.0 Å². The van der Waals surface area contributed by atoms with Crippen molar-refractivity contribution in [2.45, 2.75) is 38.6 Å². The highest BCUT2D eigenvalue weighted by Gasteiger charge is 2.38. The van der Waals surface area contributed by atoms with E-state index < -0.39 is 15.1 Å². The molecule has 148 valence electrons. The molecule has 13 atom stereocenters. The molecule has 0 saturated carbocycles. The monoisotopic (exact) mass is 570 g/mol. The van der Waals surface area contributed by atoms with Gasteiger partial charge >= 0.3 is 0 Å². The normalized spacial score (nSPS) is 26.1. The molecule has 1 saturated heterocycles. The highest BCUT2D eigenvalue weighted by Crippen LogP contribution is 2.90. The summed E-state index contributed by atoms with van der Waals surface area (Å²) in [4.78, 5) is 0. The van der Waals surface area contributed by atoms with Crippen LogP contribution in [0, 0.1) is 5.92 Å². The van der Waals surface area contributed by atoms with Crippen LogP contribution in [0.15, 0.2) is 12.2 Å². The Morgan fingerprint density at radius 1 is 1.16 bits per heavy atom. The second-order valence-corrected chi connectivity index (χ2v) is 40.6. The second-order valence-electron chi connectivity index (χ2n) is 5.71. The van der Waals surface area contributed by atoms with Crippen LogP contribution in [0.3, 0.4) is 0 Å². The smallest absolute Gasteiger partial charge is 0.113 e. The molecular formula is C10H30O3P12. The predicted octanol–water partition coefficient (Wildman–Crippen LogP) is 8.27. The lowest BCUT2D eigenvalue weighted by molar-refractivity contribution is -0.0408. The molecule has 1 rings (SSSR count). The van der Waals surface area contributed by atoms with Gasteiger partial charge in [0.05, 0.1) is 33.9 Å². The number of hydrogen-bond donors (Lipinski definition) is 0. The molecule has 0 aromatic heterocycles. The first-order chi connectivity index (χ1) is 11.7. The molecule has 15 heteroatoms. The summed E-state index contributed by atoms with van der Waals surface area (Å²) < 4.78 is 19.2. The molecule has 11 unspecified atom stereocenters. The van der Waals surface area contributed by atoms with E-state index in [1.54, 1.807) is 0 Å². The maximum Gasteiger partial charge on any atom is 0.113 e. The van der Waals surface area contributed by atoms with Gasteiger partial charge in [0.2, 0.25) is 0 Å². The van der Waals surface area contributed by atoms with Crippen molar-refractivity contribution in [1.29, 1.82) is 0 Å². The second kappa shape index (κ2) is 14.8. The van der Waals surface area contributed by atoms with E-state index in [0.29, 0.717) is 12.5 Å². The summed E-state index contributed by atoms with van der Waals surface area (Å²) in [6.45, 7) is 8.76. The largest absolute Gasteiger partial charge is 0.367 e. The SMILES string of the molecule is C=C1C[C@H](C(COP(PP)P(P)P)OP(PP)P(P)P)O[C@H]1C(C)C. The van der Waals surface area contributed by atoms with Crippen LogP contribution in [-0.4, -0.2) is 24.9 Å². The van der Waals surface area contributed by atoms with Crippen molar-refractivity contribution in [1.82, 2.24) is 0 Å². The Morgan fingerprint density at radius 3 is 2.12 bits per heavy atom. The molecule has 0 aromatic carbocycles. The first-order valence-electron chi connectivity index (χ1n) is 7.45. The molecule has 1 heterocycles. The molecule has 0 N–H and O–H groups in total. The Kier molecular flexibility index (Phi) is 16.4. The van der Waals surface area contributed by atoms with Gasteiger partial charge < -0.3 is 13.8 Å². The maximum atomic E-state index is 6.55. The van der Waals surface area contributed by atoms with Crippen molar-refractivity contribution < 1.29 is 13.8 Å². The van der Waals surface area contributed by atoms with E-state index in [-0.39, 0.29) is 32.3 Å². The van der Waals surface area contributed by atoms with Crippen LogP contribution in [0.25, 0.3) is 0 Å². The molecule has 0 aliphatic carbocycles. The van der Waals surface area contributed by atoms with Crippen molar-refractivity contribution in [2.75, 3.05) is 6.61 Å². The standard InChI is InChI=1S/C10H30O3P12/c1-6(2)10-7(3)4-8(12-10)9(13-23(21-15)25(18)19)5-11-22(20-14)24(16)17/h6,8-10,20-21H,3-5,14-19H2,1-2H3/t8-,9?,10+,22?,23?/m1/s1. The lowest BCUT2D eigenvalue weighted by Gasteiger charge is -2.31. The van der Waals surface area contributed by atoms with Crippen LogP contribution in [0.4, 0.5) is 0 Å². The molecule has 1 aliphatic heterocycles. The van der Waals surface area contributed by atoms with Gasteiger partial charge in [-0.3, -0.25) is 0 Å². The predicted molar refractivity (Wildman–Crippen MR) is 151 cm³/mol. The summed E-state index contributed by atoms with van der Waals surface area (Å²) in [6, 6.07) is 0. The van der Waals surface area contributed by atoms with Crippen LogP contribution in [0.2, 0.25) is 0 Å². The summed E-state index contributed by atoms with van der Waals surface area (Å²) in [6.07, 6.45) is 1.06. The molecule has 0 aromatic rings. The minimum atomic E-state index is -0.476. The first kappa shape index (κ1) is 27.8. The highest BCUT2D eigenvalue weighted by atomic mass is 32.9. The Morgan fingerprint density at radius 2 is 1.72 bits per heavy atom. The average Bonchev–Trinajstić information content (AvgIpc) is 2.92. The molecule has 0 spiro atoms. The topological polar surface area (TPSA) is 27.7 Å². The molecular weight excluding hydrogens is 540 g/mol. The summed E-state index contributed by atoms with van der Waals surface area (Å²) in [7, 11) is 17.9. The van der Waals surface area contributed by atoms with Crippen molar-refractivity contribution in [3.63, 3.8) is 0 Å². The average molecular weight is 570 g/mol. The lowest BCUT2D eigenvalue weighted by atomic mass is 9.99. The van der Waals surface area contributed by atoms with Crippen LogP contribution < -0.4 is 0 Å².